The van der Waals surface area contributed by atoms with Crippen molar-refractivity contribution in [3.05, 3.63) is 35.4 Å². The van der Waals surface area contributed by atoms with Gasteiger partial charge < -0.3 is 5.32 Å². The maximum Gasteiger partial charge on any atom is 0.179 e. The Morgan fingerprint density at radius 3 is 2.69 bits per heavy atom. The molecule has 86 valence electrons. The van der Waals surface area contributed by atoms with Crippen LogP contribution >= 0.6 is 0 Å². The first-order chi connectivity index (χ1) is 7.81. The van der Waals surface area contributed by atoms with Crippen molar-refractivity contribution in [2.75, 3.05) is 6.54 Å². The van der Waals surface area contributed by atoms with Gasteiger partial charge in [0.1, 0.15) is 0 Å². The number of carbonyl (C=O) groups excluding carboxylic acids is 1. The van der Waals surface area contributed by atoms with Crippen LogP contribution in [0, 0.1) is 0 Å². The third-order valence-corrected chi connectivity index (χ3v) is 3.15. The molecule has 16 heavy (non-hydrogen) atoms. The molecule has 1 saturated heterocycles. The molecule has 1 aromatic carbocycles. The summed E-state index contributed by atoms with van der Waals surface area (Å²) in [4.78, 5) is 12.1. The first kappa shape index (κ1) is 11.3. The maximum absolute atomic E-state index is 12.1. The van der Waals surface area contributed by atoms with Crippen LogP contribution in [0.3, 0.4) is 0 Å². The minimum atomic E-state index is 0.0528. The van der Waals surface area contributed by atoms with Gasteiger partial charge in [0.25, 0.3) is 0 Å². The van der Waals surface area contributed by atoms with Crippen LogP contribution in [-0.2, 0) is 6.42 Å². The van der Waals surface area contributed by atoms with Crippen molar-refractivity contribution in [1.29, 1.82) is 0 Å². The summed E-state index contributed by atoms with van der Waals surface area (Å²) in [5.41, 5.74) is 2.16. The summed E-state index contributed by atoms with van der Waals surface area (Å²) in [7, 11) is 0. The van der Waals surface area contributed by atoms with E-state index in [2.05, 4.69) is 24.4 Å². The number of Topliss-reactive ketones (excluding diaryl/α,β-unsaturated/α-hetero) is 1. The fraction of sp³-hybridized carbons (Fsp3) is 0.500. The Kier molecular flexibility index (Phi) is 3.73. The zero-order chi connectivity index (χ0) is 11.4. The molecule has 1 atom stereocenters. The number of carbonyl (C=O) groups is 1. The molecule has 1 N–H and O–H groups in total. The Balaban J connectivity index is 2.05. The van der Waals surface area contributed by atoms with Crippen molar-refractivity contribution in [3.63, 3.8) is 0 Å². The van der Waals surface area contributed by atoms with Crippen LogP contribution in [0.5, 0.6) is 0 Å². The summed E-state index contributed by atoms with van der Waals surface area (Å²) in [6.07, 6.45) is 4.34. The second kappa shape index (κ2) is 5.26. The average Bonchev–Trinajstić information content (AvgIpc) is 2.83. The summed E-state index contributed by atoms with van der Waals surface area (Å²) >= 11 is 0. The van der Waals surface area contributed by atoms with Gasteiger partial charge in [0, 0.05) is 5.56 Å². The third kappa shape index (κ3) is 2.50. The fourth-order valence-electron chi connectivity index (χ4n) is 2.23. The van der Waals surface area contributed by atoms with E-state index in [4.69, 9.17) is 0 Å². The lowest BCUT2D eigenvalue weighted by Crippen LogP contribution is -2.30. The van der Waals surface area contributed by atoms with Gasteiger partial charge in [0.2, 0.25) is 0 Å². The highest BCUT2D eigenvalue weighted by molar-refractivity contribution is 6.00. The van der Waals surface area contributed by atoms with Crippen LogP contribution < -0.4 is 5.32 Å². The summed E-state index contributed by atoms with van der Waals surface area (Å²) in [5.74, 6) is 0.251. The van der Waals surface area contributed by atoms with Gasteiger partial charge in [-0.25, -0.2) is 0 Å². The van der Waals surface area contributed by atoms with Gasteiger partial charge in [-0.05, 0) is 31.4 Å². The average molecular weight is 217 g/mol. The number of nitrogens with one attached hydrogen (secondary N) is 1. The molecule has 1 aliphatic heterocycles. The molecule has 2 nitrogen and oxygen atoms in total. The van der Waals surface area contributed by atoms with E-state index < -0.39 is 0 Å². The number of hydrogen-bond acceptors (Lipinski definition) is 2. The largest absolute Gasteiger partial charge is 0.307 e. The standard InChI is InChI=1S/C14H19NO/c1-2-4-11-6-8-12(9-7-11)14(16)13-5-3-10-15-13/h6-9,13,15H,2-5,10H2,1H3. The number of hydrogen-bond donors (Lipinski definition) is 1. The smallest absolute Gasteiger partial charge is 0.179 e. The van der Waals surface area contributed by atoms with E-state index in [0.717, 1.165) is 37.8 Å². The molecular formula is C14H19NO. The molecule has 2 rings (SSSR count). The molecule has 0 aliphatic carbocycles. The molecule has 0 aromatic heterocycles. The fourth-order valence-corrected chi connectivity index (χ4v) is 2.23. The Labute approximate surface area is 97.1 Å². The van der Waals surface area contributed by atoms with Gasteiger partial charge >= 0.3 is 0 Å². The van der Waals surface area contributed by atoms with E-state index in [0.29, 0.717) is 0 Å². The number of benzene rings is 1. The number of aryl methyl sites for hydroxylation is 1. The van der Waals surface area contributed by atoms with Gasteiger partial charge in [-0.2, -0.15) is 0 Å². The molecule has 0 radical (unpaired) electrons. The van der Waals surface area contributed by atoms with Crippen molar-refractivity contribution in [2.24, 2.45) is 0 Å². The van der Waals surface area contributed by atoms with Crippen molar-refractivity contribution < 1.29 is 4.79 Å². The molecule has 0 amide bonds. The topological polar surface area (TPSA) is 29.1 Å². The van der Waals surface area contributed by atoms with Crippen LogP contribution in [0.1, 0.15) is 42.1 Å². The highest BCUT2D eigenvalue weighted by atomic mass is 16.1. The molecule has 0 spiro atoms. The second-order valence-electron chi connectivity index (χ2n) is 4.46. The van der Waals surface area contributed by atoms with E-state index in [1.807, 2.05) is 12.1 Å². The lowest BCUT2D eigenvalue weighted by atomic mass is 10.0. The zero-order valence-electron chi connectivity index (χ0n) is 9.83. The summed E-state index contributed by atoms with van der Waals surface area (Å²) in [6, 6.07) is 8.13. The summed E-state index contributed by atoms with van der Waals surface area (Å²) < 4.78 is 0. The van der Waals surface area contributed by atoms with Gasteiger partial charge in [0.05, 0.1) is 6.04 Å². The summed E-state index contributed by atoms with van der Waals surface area (Å²) in [6.45, 7) is 3.14. The molecule has 1 aromatic rings. The molecule has 0 bridgehead atoms. The Morgan fingerprint density at radius 1 is 1.38 bits per heavy atom. The molecule has 1 fully saturated rings. The minimum Gasteiger partial charge on any atom is -0.307 e. The van der Waals surface area contributed by atoms with Gasteiger partial charge in [-0.3, -0.25) is 4.79 Å². The van der Waals surface area contributed by atoms with Crippen LogP contribution in [0.4, 0.5) is 0 Å². The molecule has 0 saturated carbocycles. The normalized spacial score (nSPS) is 19.9. The highest BCUT2D eigenvalue weighted by Gasteiger charge is 2.22. The number of rotatable bonds is 4. The third-order valence-electron chi connectivity index (χ3n) is 3.15. The first-order valence-electron chi connectivity index (χ1n) is 6.18. The van der Waals surface area contributed by atoms with Crippen LogP contribution in [-0.4, -0.2) is 18.4 Å². The molecule has 1 unspecified atom stereocenters. The van der Waals surface area contributed by atoms with Crippen LogP contribution in [0.15, 0.2) is 24.3 Å². The zero-order valence-corrected chi connectivity index (χ0v) is 9.83. The quantitative estimate of drug-likeness (QED) is 0.785. The van der Waals surface area contributed by atoms with Crippen LogP contribution in [0.25, 0.3) is 0 Å². The molecule has 1 aliphatic rings. The predicted molar refractivity (Wildman–Crippen MR) is 65.8 cm³/mol. The van der Waals surface area contributed by atoms with E-state index in [1.165, 1.54) is 5.56 Å². The Bertz CT molecular complexity index is 350. The first-order valence-corrected chi connectivity index (χ1v) is 6.18. The lowest BCUT2D eigenvalue weighted by molar-refractivity contribution is 0.0952. The lowest BCUT2D eigenvalue weighted by Gasteiger charge is -2.09. The van der Waals surface area contributed by atoms with E-state index in [9.17, 15) is 4.79 Å². The van der Waals surface area contributed by atoms with Gasteiger partial charge in [0.15, 0.2) is 5.78 Å². The highest BCUT2D eigenvalue weighted by Crippen LogP contribution is 2.13. The monoisotopic (exact) mass is 217 g/mol. The molecule has 2 heteroatoms. The van der Waals surface area contributed by atoms with Crippen molar-refractivity contribution in [1.82, 2.24) is 5.32 Å². The van der Waals surface area contributed by atoms with Crippen molar-refractivity contribution >= 4 is 5.78 Å². The number of ketones is 1. The maximum atomic E-state index is 12.1. The van der Waals surface area contributed by atoms with Crippen LogP contribution in [0.2, 0.25) is 0 Å². The van der Waals surface area contributed by atoms with E-state index in [1.54, 1.807) is 0 Å². The molecule has 1 heterocycles. The second-order valence-corrected chi connectivity index (χ2v) is 4.46. The molecular weight excluding hydrogens is 198 g/mol. The van der Waals surface area contributed by atoms with E-state index >= 15 is 0 Å². The Hall–Kier alpha value is -1.15. The van der Waals surface area contributed by atoms with Crippen molar-refractivity contribution in [3.8, 4) is 0 Å². The van der Waals surface area contributed by atoms with E-state index in [-0.39, 0.29) is 11.8 Å². The predicted octanol–water partition coefficient (Wildman–Crippen LogP) is 2.57. The Morgan fingerprint density at radius 2 is 2.12 bits per heavy atom. The van der Waals surface area contributed by atoms with Gasteiger partial charge in [-0.1, -0.05) is 37.6 Å². The minimum absolute atomic E-state index is 0.0528. The van der Waals surface area contributed by atoms with Gasteiger partial charge in [-0.15, -0.1) is 0 Å². The SMILES string of the molecule is CCCc1ccc(C(=O)C2CCCN2)cc1. The summed E-state index contributed by atoms with van der Waals surface area (Å²) in [5, 5.41) is 3.25. The van der Waals surface area contributed by atoms with Crippen molar-refractivity contribution in [2.45, 2.75) is 38.6 Å².